The van der Waals surface area contributed by atoms with Crippen molar-refractivity contribution in [3.63, 3.8) is 0 Å². The van der Waals surface area contributed by atoms with Gasteiger partial charge in [0.25, 0.3) is 0 Å². The molecule has 0 aromatic carbocycles. The Labute approximate surface area is 69.3 Å². The standard InChI is InChI=1S/C8H16O2Si/c1-8(9)10-6-5-7-11(2,3)4/h5,7H,6H2,1-4H3. The molecule has 0 rings (SSSR count). The van der Waals surface area contributed by atoms with Gasteiger partial charge in [-0.1, -0.05) is 31.4 Å². The normalized spacial score (nSPS) is 12.0. The molecule has 0 unspecified atom stereocenters. The monoisotopic (exact) mass is 172 g/mol. The summed E-state index contributed by atoms with van der Waals surface area (Å²) in [6.45, 7) is 8.54. The number of rotatable bonds is 3. The fraction of sp³-hybridized carbons (Fsp3) is 0.625. The zero-order valence-corrected chi connectivity index (χ0v) is 8.68. The Morgan fingerprint density at radius 3 is 2.36 bits per heavy atom. The Balaban J connectivity index is 3.54. The topological polar surface area (TPSA) is 26.3 Å². The minimum atomic E-state index is -1.10. The lowest BCUT2D eigenvalue weighted by atomic mass is 10.7. The van der Waals surface area contributed by atoms with Crippen LogP contribution in [0.2, 0.25) is 19.6 Å². The van der Waals surface area contributed by atoms with Gasteiger partial charge in [0.1, 0.15) is 6.61 Å². The van der Waals surface area contributed by atoms with Crippen LogP contribution in [0.3, 0.4) is 0 Å². The summed E-state index contributed by atoms with van der Waals surface area (Å²) in [5, 5.41) is 0. The zero-order chi connectivity index (χ0) is 8.91. The molecule has 0 heterocycles. The molecule has 0 saturated heterocycles. The second-order valence-corrected chi connectivity index (χ2v) is 8.64. The minimum Gasteiger partial charge on any atom is -0.462 e. The molecule has 0 fully saturated rings. The predicted molar refractivity (Wildman–Crippen MR) is 49.1 cm³/mol. The van der Waals surface area contributed by atoms with Crippen LogP contribution in [0.1, 0.15) is 6.92 Å². The first-order valence-corrected chi connectivity index (χ1v) is 7.30. The fourth-order valence-electron chi connectivity index (χ4n) is 0.567. The molecular weight excluding hydrogens is 156 g/mol. The number of carbonyl (C=O) groups is 1. The first kappa shape index (κ1) is 10.4. The molecule has 0 atom stereocenters. The van der Waals surface area contributed by atoms with Crippen molar-refractivity contribution in [3.05, 3.63) is 11.8 Å². The molecule has 0 aliphatic heterocycles. The number of hydrogen-bond acceptors (Lipinski definition) is 2. The highest BCUT2D eigenvalue weighted by atomic mass is 28.3. The van der Waals surface area contributed by atoms with Crippen molar-refractivity contribution in [2.24, 2.45) is 0 Å². The second-order valence-electron chi connectivity index (χ2n) is 3.57. The van der Waals surface area contributed by atoms with Crippen molar-refractivity contribution in [1.82, 2.24) is 0 Å². The van der Waals surface area contributed by atoms with Crippen LogP contribution >= 0.6 is 0 Å². The summed E-state index contributed by atoms with van der Waals surface area (Å²) in [6, 6.07) is 0. The molecule has 64 valence electrons. The van der Waals surface area contributed by atoms with E-state index in [1.54, 1.807) is 0 Å². The maximum atomic E-state index is 10.3. The third kappa shape index (κ3) is 9.43. The van der Waals surface area contributed by atoms with Gasteiger partial charge in [0.05, 0.1) is 8.07 Å². The van der Waals surface area contributed by atoms with Crippen LogP contribution in [0.25, 0.3) is 0 Å². The second kappa shape index (κ2) is 4.33. The Bertz CT molecular complexity index is 156. The van der Waals surface area contributed by atoms with E-state index in [0.717, 1.165) is 0 Å². The van der Waals surface area contributed by atoms with E-state index in [-0.39, 0.29) is 5.97 Å². The van der Waals surface area contributed by atoms with Gasteiger partial charge in [-0.2, -0.15) is 0 Å². The average molecular weight is 172 g/mol. The largest absolute Gasteiger partial charge is 0.462 e. The number of esters is 1. The summed E-state index contributed by atoms with van der Waals surface area (Å²) in [7, 11) is -1.10. The van der Waals surface area contributed by atoms with Gasteiger partial charge in [-0.3, -0.25) is 4.79 Å². The maximum absolute atomic E-state index is 10.3. The molecule has 0 spiro atoms. The maximum Gasteiger partial charge on any atom is 0.302 e. The Morgan fingerprint density at radius 1 is 1.45 bits per heavy atom. The smallest absolute Gasteiger partial charge is 0.302 e. The molecule has 0 saturated carbocycles. The van der Waals surface area contributed by atoms with E-state index in [2.05, 4.69) is 25.3 Å². The highest BCUT2D eigenvalue weighted by molar-refractivity contribution is 6.80. The fourth-order valence-corrected chi connectivity index (χ4v) is 1.37. The summed E-state index contributed by atoms with van der Waals surface area (Å²) in [5.74, 6) is -0.217. The lowest BCUT2D eigenvalue weighted by molar-refractivity contribution is -0.139. The van der Waals surface area contributed by atoms with Crippen LogP contribution in [0.5, 0.6) is 0 Å². The third-order valence-corrected chi connectivity index (χ3v) is 2.24. The number of carbonyl (C=O) groups excluding carboxylic acids is 1. The first-order chi connectivity index (χ1) is 4.92. The van der Waals surface area contributed by atoms with E-state index in [9.17, 15) is 4.79 Å². The van der Waals surface area contributed by atoms with E-state index in [1.807, 2.05) is 6.08 Å². The van der Waals surface area contributed by atoms with Crippen LogP contribution in [-0.2, 0) is 9.53 Å². The Kier molecular flexibility index (Phi) is 4.11. The lowest BCUT2D eigenvalue weighted by Crippen LogP contribution is -2.15. The van der Waals surface area contributed by atoms with Crippen molar-refractivity contribution in [2.75, 3.05) is 6.61 Å². The molecule has 3 heteroatoms. The molecule has 0 amide bonds. The molecular formula is C8H16O2Si. The first-order valence-electron chi connectivity index (χ1n) is 3.73. The Hall–Kier alpha value is -0.573. The van der Waals surface area contributed by atoms with Crippen molar-refractivity contribution in [3.8, 4) is 0 Å². The van der Waals surface area contributed by atoms with Gasteiger partial charge in [-0.15, -0.1) is 0 Å². The van der Waals surface area contributed by atoms with Crippen LogP contribution in [0.4, 0.5) is 0 Å². The van der Waals surface area contributed by atoms with E-state index in [0.29, 0.717) is 6.61 Å². The van der Waals surface area contributed by atoms with Crippen molar-refractivity contribution < 1.29 is 9.53 Å². The van der Waals surface area contributed by atoms with E-state index < -0.39 is 8.07 Å². The summed E-state index contributed by atoms with van der Waals surface area (Å²) < 4.78 is 4.73. The zero-order valence-electron chi connectivity index (χ0n) is 7.68. The molecule has 0 bridgehead atoms. The third-order valence-electron chi connectivity index (χ3n) is 1.00. The van der Waals surface area contributed by atoms with Crippen LogP contribution in [-0.4, -0.2) is 20.7 Å². The molecule has 0 aromatic rings. The summed E-state index contributed by atoms with van der Waals surface area (Å²) in [6.07, 6.45) is 1.92. The molecule has 0 aromatic heterocycles. The molecule has 0 radical (unpaired) electrons. The van der Waals surface area contributed by atoms with E-state index in [1.165, 1.54) is 6.92 Å². The van der Waals surface area contributed by atoms with Gasteiger partial charge in [-0.25, -0.2) is 0 Å². The SMILES string of the molecule is CC(=O)OCC=C[Si](C)(C)C. The van der Waals surface area contributed by atoms with Crippen molar-refractivity contribution >= 4 is 14.0 Å². The van der Waals surface area contributed by atoms with E-state index in [4.69, 9.17) is 4.74 Å². The lowest BCUT2D eigenvalue weighted by Gasteiger charge is -2.07. The molecule has 0 aliphatic rings. The molecule has 2 nitrogen and oxygen atoms in total. The highest BCUT2D eigenvalue weighted by Gasteiger charge is 2.05. The number of hydrogen-bond donors (Lipinski definition) is 0. The minimum absolute atomic E-state index is 0.217. The van der Waals surface area contributed by atoms with Crippen LogP contribution < -0.4 is 0 Å². The Morgan fingerprint density at radius 2 is 2.00 bits per heavy atom. The molecule has 0 N–H and O–H groups in total. The summed E-state index contributed by atoms with van der Waals surface area (Å²) in [5.41, 5.74) is 2.16. The van der Waals surface area contributed by atoms with Gasteiger partial charge in [0, 0.05) is 6.92 Å². The molecule has 0 aliphatic carbocycles. The van der Waals surface area contributed by atoms with Crippen molar-refractivity contribution in [2.45, 2.75) is 26.6 Å². The van der Waals surface area contributed by atoms with Gasteiger partial charge >= 0.3 is 5.97 Å². The van der Waals surface area contributed by atoms with Gasteiger partial charge < -0.3 is 4.74 Å². The van der Waals surface area contributed by atoms with Gasteiger partial charge in [0.2, 0.25) is 0 Å². The predicted octanol–water partition coefficient (Wildman–Crippen LogP) is 1.98. The summed E-state index contributed by atoms with van der Waals surface area (Å²) >= 11 is 0. The van der Waals surface area contributed by atoms with Gasteiger partial charge in [-0.05, 0) is 0 Å². The van der Waals surface area contributed by atoms with E-state index >= 15 is 0 Å². The summed E-state index contributed by atoms with van der Waals surface area (Å²) in [4.78, 5) is 10.3. The quantitative estimate of drug-likeness (QED) is 0.480. The van der Waals surface area contributed by atoms with Crippen molar-refractivity contribution in [1.29, 1.82) is 0 Å². The van der Waals surface area contributed by atoms with Crippen LogP contribution in [0, 0.1) is 0 Å². The number of ether oxygens (including phenoxy) is 1. The molecule has 11 heavy (non-hydrogen) atoms. The van der Waals surface area contributed by atoms with Crippen LogP contribution in [0.15, 0.2) is 11.8 Å². The highest BCUT2D eigenvalue weighted by Crippen LogP contribution is 2.01. The average Bonchev–Trinajstić information content (AvgIpc) is 1.78. The van der Waals surface area contributed by atoms with Gasteiger partial charge in [0.15, 0.2) is 0 Å².